The Kier molecular flexibility index (Phi) is 3.67. The van der Waals surface area contributed by atoms with Crippen molar-refractivity contribution in [2.75, 3.05) is 6.61 Å². The summed E-state index contributed by atoms with van der Waals surface area (Å²) in [6, 6.07) is 1.38. The summed E-state index contributed by atoms with van der Waals surface area (Å²) in [5.74, 6) is -1.58. The Hall–Kier alpha value is -0.160. The third-order valence-electron chi connectivity index (χ3n) is 1.37. The van der Waals surface area contributed by atoms with E-state index in [4.69, 9.17) is 4.74 Å². The summed E-state index contributed by atoms with van der Waals surface area (Å²) in [4.78, 5) is 0. The zero-order chi connectivity index (χ0) is 10.0. The number of hydrogen-bond acceptors (Lipinski definition) is 1. The van der Waals surface area contributed by atoms with Crippen LogP contribution in [0.1, 0.15) is 6.92 Å². The monoisotopic (exact) mass is 314 g/mol. The predicted octanol–water partition coefficient (Wildman–Crippen LogP) is 3.89. The van der Waals surface area contributed by atoms with Gasteiger partial charge in [-0.15, -0.1) is 0 Å². The molecule has 0 amide bonds. The lowest BCUT2D eigenvalue weighted by atomic mass is 10.3. The van der Waals surface area contributed by atoms with Crippen LogP contribution < -0.4 is 4.74 Å². The fourth-order valence-corrected chi connectivity index (χ4v) is 1.60. The Bertz CT molecular complexity index is 328. The van der Waals surface area contributed by atoms with Crippen LogP contribution in [0.4, 0.5) is 8.78 Å². The van der Waals surface area contributed by atoms with Crippen molar-refractivity contribution in [3.63, 3.8) is 0 Å². The maximum atomic E-state index is 13.0. The molecule has 72 valence electrons. The van der Waals surface area contributed by atoms with Crippen LogP contribution in [0.25, 0.3) is 0 Å². The highest BCUT2D eigenvalue weighted by Crippen LogP contribution is 2.34. The van der Waals surface area contributed by atoms with Gasteiger partial charge in [-0.1, -0.05) is 0 Å². The topological polar surface area (TPSA) is 9.23 Å². The number of halogens is 4. The second kappa shape index (κ2) is 4.37. The summed E-state index contributed by atoms with van der Waals surface area (Å²) in [5, 5.41) is 0. The lowest BCUT2D eigenvalue weighted by Crippen LogP contribution is -1.96. The van der Waals surface area contributed by atoms with Crippen LogP contribution >= 0.6 is 31.9 Å². The maximum absolute atomic E-state index is 13.0. The molecule has 0 spiro atoms. The van der Waals surface area contributed by atoms with Crippen molar-refractivity contribution >= 4 is 31.9 Å². The lowest BCUT2D eigenvalue weighted by molar-refractivity contribution is 0.333. The first kappa shape index (κ1) is 10.9. The van der Waals surface area contributed by atoms with Gasteiger partial charge in [0.15, 0.2) is 11.6 Å². The van der Waals surface area contributed by atoms with E-state index in [2.05, 4.69) is 31.9 Å². The van der Waals surface area contributed by atoms with E-state index in [-0.39, 0.29) is 14.7 Å². The first-order chi connectivity index (χ1) is 6.07. The number of ether oxygens (including phenoxy) is 1. The lowest BCUT2D eigenvalue weighted by Gasteiger charge is -2.07. The van der Waals surface area contributed by atoms with Crippen molar-refractivity contribution in [1.29, 1.82) is 0 Å². The van der Waals surface area contributed by atoms with E-state index in [1.807, 2.05) is 0 Å². The average Bonchev–Trinajstić information content (AvgIpc) is 2.11. The molecule has 0 aliphatic heterocycles. The van der Waals surface area contributed by atoms with Crippen LogP contribution in [0.15, 0.2) is 15.0 Å². The smallest absolute Gasteiger partial charge is 0.177 e. The molecule has 1 aromatic rings. The van der Waals surface area contributed by atoms with E-state index in [0.717, 1.165) is 0 Å². The van der Waals surface area contributed by atoms with E-state index in [9.17, 15) is 8.78 Å². The van der Waals surface area contributed by atoms with E-state index in [1.54, 1.807) is 6.92 Å². The van der Waals surface area contributed by atoms with E-state index >= 15 is 0 Å². The van der Waals surface area contributed by atoms with Gasteiger partial charge in [0.25, 0.3) is 0 Å². The molecule has 0 unspecified atom stereocenters. The molecule has 0 saturated heterocycles. The van der Waals surface area contributed by atoms with E-state index in [1.165, 1.54) is 6.07 Å². The van der Waals surface area contributed by atoms with Gasteiger partial charge in [0.1, 0.15) is 5.75 Å². The van der Waals surface area contributed by atoms with Gasteiger partial charge in [-0.3, -0.25) is 0 Å². The van der Waals surface area contributed by atoms with Crippen molar-refractivity contribution < 1.29 is 13.5 Å². The summed E-state index contributed by atoms with van der Waals surface area (Å²) in [6.07, 6.45) is 0. The molecule has 0 bridgehead atoms. The molecule has 1 nitrogen and oxygen atoms in total. The molecule has 0 fully saturated rings. The molecular weight excluding hydrogens is 310 g/mol. The Morgan fingerprint density at radius 3 is 2.46 bits per heavy atom. The minimum absolute atomic E-state index is 0.00931. The van der Waals surface area contributed by atoms with Crippen molar-refractivity contribution in [2.45, 2.75) is 6.92 Å². The molecule has 0 N–H and O–H groups in total. The number of rotatable bonds is 2. The molecule has 0 aromatic heterocycles. The van der Waals surface area contributed by atoms with Crippen LogP contribution in [-0.4, -0.2) is 6.61 Å². The molecule has 0 heterocycles. The molecular formula is C8H6Br2F2O. The van der Waals surface area contributed by atoms with E-state index < -0.39 is 11.6 Å². The Morgan fingerprint density at radius 2 is 1.92 bits per heavy atom. The van der Waals surface area contributed by atoms with Crippen molar-refractivity contribution in [2.24, 2.45) is 0 Å². The standard InChI is InChI=1S/C8H6Br2F2O/c1-2-13-5-3-4(9)7(11)8(12)6(5)10/h3H,2H2,1H3. The van der Waals surface area contributed by atoms with Crippen molar-refractivity contribution in [1.82, 2.24) is 0 Å². The molecule has 13 heavy (non-hydrogen) atoms. The Morgan fingerprint density at radius 1 is 1.31 bits per heavy atom. The molecule has 5 heteroatoms. The number of benzene rings is 1. The van der Waals surface area contributed by atoms with Gasteiger partial charge < -0.3 is 4.74 Å². The van der Waals surface area contributed by atoms with Crippen LogP contribution in [-0.2, 0) is 0 Å². The molecule has 1 aromatic carbocycles. The second-order valence-electron chi connectivity index (χ2n) is 2.23. The zero-order valence-corrected chi connectivity index (χ0v) is 9.88. The molecule has 0 aliphatic rings. The molecule has 0 radical (unpaired) electrons. The summed E-state index contributed by atoms with van der Waals surface area (Å²) in [7, 11) is 0. The SMILES string of the molecule is CCOc1cc(Br)c(F)c(F)c1Br. The largest absolute Gasteiger partial charge is 0.493 e. The number of hydrogen-bond donors (Lipinski definition) is 0. The van der Waals surface area contributed by atoms with Gasteiger partial charge in [-0.25, -0.2) is 8.78 Å². The first-order valence-corrected chi connectivity index (χ1v) is 5.12. The quantitative estimate of drug-likeness (QED) is 0.594. The van der Waals surface area contributed by atoms with Gasteiger partial charge in [0, 0.05) is 0 Å². The van der Waals surface area contributed by atoms with Crippen LogP contribution in [0.3, 0.4) is 0 Å². The first-order valence-electron chi connectivity index (χ1n) is 3.53. The fourth-order valence-electron chi connectivity index (χ4n) is 0.812. The zero-order valence-electron chi connectivity index (χ0n) is 6.70. The minimum atomic E-state index is -0.946. The Balaban J connectivity index is 3.24. The summed E-state index contributed by atoms with van der Waals surface area (Å²) in [6.45, 7) is 2.16. The summed E-state index contributed by atoms with van der Waals surface area (Å²) >= 11 is 5.79. The fraction of sp³-hybridized carbons (Fsp3) is 0.250. The van der Waals surface area contributed by atoms with Gasteiger partial charge in [0.05, 0.1) is 15.6 Å². The molecule has 0 aliphatic carbocycles. The average molecular weight is 316 g/mol. The van der Waals surface area contributed by atoms with E-state index in [0.29, 0.717) is 6.61 Å². The minimum Gasteiger partial charge on any atom is -0.493 e. The van der Waals surface area contributed by atoms with Crippen molar-refractivity contribution in [3.05, 3.63) is 26.6 Å². The van der Waals surface area contributed by atoms with Crippen LogP contribution in [0, 0.1) is 11.6 Å². The highest BCUT2D eigenvalue weighted by Gasteiger charge is 2.15. The molecule has 1 rings (SSSR count). The van der Waals surface area contributed by atoms with Gasteiger partial charge >= 0.3 is 0 Å². The van der Waals surface area contributed by atoms with Gasteiger partial charge in [-0.05, 0) is 44.8 Å². The van der Waals surface area contributed by atoms with Crippen LogP contribution in [0.5, 0.6) is 5.75 Å². The normalized spacial score (nSPS) is 10.2. The summed E-state index contributed by atoms with van der Waals surface area (Å²) in [5.41, 5.74) is 0. The van der Waals surface area contributed by atoms with Crippen molar-refractivity contribution in [3.8, 4) is 5.75 Å². The van der Waals surface area contributed by atoms with Gasteiger partial charge in [0.2, 0.25) is 0 Å². The third kappa shape index (κ3) is 2.20. The van der Waals surface area contributed by atoms with Crippen LogP contribution in [0.2, 0.25) is 0 Å². The maximum Gasteiger partial charge on any atom is 0.177 e. The highest BCUT2D eigenvalue weighted by molar-refractivity contribution is 9.11. The predicted molar refractivity (Wildman–Crippen MR) is 52.9 cm³/mol. The third-order valence-corrected chi connectivity index (χ3v) is 2.69. The second-order valence-corrected chi connectivity index (χ2v) is 3.88. The molecule has 0 saturated carbocycles. The Labute approximate surface area is 91.3 Å². The van der Waals surface area contributed by atoms with Gasteiger partial charge in [-0.2, -0.15) is 0 Å². The highest BCUT2D eigenvalue weighted by atomic mass is 79.9. The summed E-state index contributed by atoms with van der Waals surface area (Å²) < 4.78 is 31.1. The molecule has 0 atom stereocenters.